The molecule has 3 nitrogen and oxygen atoms in total. The van der Waals surface area contributed by atoms with E-state index in [-0.39, 0.29) is 5.54 Å². The molecule has 0 saturated heterocycles. The van der Waals surface area contributed by atoms with E-state index in [2.05, 4.69) is 5.32 Å². The summed E-state index contributed by atoms with van der Waals surface area (Å²) in [5.74, 6) is -1.04. The van der Waals surface area contributed by atoms with Gasteiger partial charge >= 0.3 is 0 Å². The van der Waals surface area contributed by atoms with Gasteiger partial charge in [0.2, 0.25) is 5.78 Å². The molecule has 2 aromatic rings. The maximum absolute atomic E-state index is 12.2. The van der Waals surface area contributed by atoms with E-state index in [1.807, 2.05) is 51.1 Å². The summed E-state index contributed by atoms with van der Waals surface area (Å²) in [5.41, 5.74) is 0.0527. The van der Waals surface area contributed by atoms with E-state index in [9.17, 15) is 9.59 Å². The normalized spacial score (nSPS) is 11.3. The summed E-state index contributed by atoms with van der Waals surface area (Å²) in [6.07, 6.45) is 0.768. The number of ketones is 1. The van der Waals surface area contributed by atoms with Crippen LogP contribution >= 0.6 is 0 Å². The van der Waals surface area contributed by atoms with Crippen molar-refractivity contribution in [3.63, 3.8) is 0 Å². The molecule has 0 aromatic heterocycles. The zero-order chi connectivity index (χ0) is 14.8. The van der Waals surface area contributed by atoms with Crippen LogP contribution in [0.15, 0.2) is 42.5 Å². The second-order valence-corrected chi connectivity index (χ2v) is 5.58. The molecular weight excluding hydrogens is 250 g/mol. The van der Waals surface area contributed by atoms with Crippen LogP contribution in [0, 0.1) is 0 Å². The Morgan fingerprint density at radius 2 is 1.70 bits per heavy atom. The molecule has 0 heterocycles. The Bertz CT molecular complexity index is 659. The van der Waals surface area contributed by atoms with Crippen LogP contribution in [-0.4, -0.2) is 17.2 Å². The van der Waals surface area contributed by atoms with Crippen molar-refractivity contribution in [3.05, 3.63) is 48.0 Å². The third-order valence-electron chi connectivity index (χ3n) is 3.55. The number of hydrogen-bond acceptors (Lipinski definition) is 2. The number of fused-ring (bicyclic) bond motifs is 1. The van der Waals surface area contributed by atoms with Gasteiger partial charge in [0.25, 0.3) is 5.91 Å². The molecule has 0 bridgehead atoms. The molecule has 2 aromatic carbocycles. The number of hydrogen-bond donors (Lipinski definition) is 1. The Kier molecular flexibility index (Phi) is 3.89. The van der Waals surface area contributed by atoms with E-state index in [1.54, 1.807) is 12.1 Å². The molecule has 0 saturated carbocycles. The van der Waals surface area contributed by atoms with Crippen molar-refractivity contribution in [2.24, 2.45) is 0 Å². The molecule has 0 fully saturated rings. The standard InChI is InChI=1S/C17H19NO2/c1-4-17(2,3)18-16(20)15(19)14-10-9-12-7-5-6-8-13(12)11-14/h5-11H,4H2,1-3H3,(H,18,20). The van der Waals surface area contributed by atoms with E-state index in [4.69, 9.17) is 0 Å². The van der Waals surface area contributed by atoms with Crippen LogP contribution in [0.1, 0.15) is 37.6 Å². The van der Waals surface area contributed by atoms with Crippen LogP contribution in [0.5, 0.6) is 0 Å². The number of carbonyl (C=O) groups excluding carboxylic acids is 2. The van der Waals surface area contributed by atoms with Crippen molar-refractivity contribution in [2.75, 3.05) is 0 Å². The molecule has 1 amide bonds. The largest absolute Gasteiger partial charge is 0.344 e. The number of carbonyl (C=O) groups is 2. The topological polar surface area (TPSA) is 46.2 Å². The Morgan fingerprint density at radius 1 is 1.05 bits per heavy atom. The molecule has 0 aliphatic rings. The maximum Gasteiger partial charge on any atom is 0.292 e. The van der Waals surface area contributed by atoms with E-state index in [0.717, 1.165) is 17.2 Å². The average molecular weight is 269 g/mol. The summed E-state index contributed by atoms with van der Waals surface area (Å²) in [4.78, 5) is 24.2. The van der Waals surface area contributed by atoms with Crippen LogP contribution in [0.2, 0.25) is 0 Å². The number of Topliss-reactive ketones (excluding diaryl/α,β-unsaturated/α-hetero) is 1. The van der Waals surface area contributed by atoms with E-state index < -0.39 is 11.7 Å². The van der Waals surface area contributed by atoms with Crippen LogP contribution in [0.3, 0.4) is 0 Å². The van der Waals surface area contributed by atoms with Gasteiger partial charge in [0.1, 0.15) is 0 Å². The zero-order valence-electron chi connectivity index (χ0n) is 12.1. The summed E-state index contributed by atoms with van der Waals surface area (Å²) in [6.45, 7) is 5.78. The number of nitrogens with one attached hydrogen (secondary N) is 1. The lowest BCUT2D eigenvalue weighted by molar-refractivity contribution is -0.118. The molecule has 0 aliphatic carbocycles. The molecule has 3 heteroatoms. The quantitative estimate of drug-likeness (QED) is 0.683. The summed E-state index contributed by atoms with van der Waals surface area (Å²) in [5, 5.41) is 4.78. The summed E-state index contributed by atoms with van der Waals surface area (Å²) in [6, 6.07) is 13.1. The fourth-order valence-corrected chi connectivity index (χ4v) is 1.91. The average Bonchev–Trinajstić information content (AvgIpc) is 2.45. The molecule has 0 spiro atoms. The third kappa shape index (κ3) is 3.05. The lowest BCUT2D eigenvalue weighted by atomic mass is 10.00. The van der Waals surface area contributed by atoms with Gasteiger partial charge in [-0.05, 0) is 37.1 Å². The highest BCUT2D eigenvalue weighted by molar-refractivity contribution is 6.43. The molecule has 0 radical (unpaired) electrons. The van der Waals surface area contributed by atoms with Crippen LogP contribution in [0.4, 0.5) is 0 Å². The minimum atomic E-state index is -0.549. The van der Waals surface area contributed by atoms with Gasteiger partial charge in [0, 0.05) is 11.1 Å². The lowest BCUT2D eigenvalue weighted by Crippen LogP contribution is -2.45. The van der Waals surface area contributed by atoms with Crippen LogP contribution < -0.4 is 5.32 Å². The van der Waals surface area contributed by atoms with Crippen molar-refractivity contribution in [1.29, 1.82) is 0 Å². The van der Waals surface area contributed by atoms with Crippen LogP contribution in [-0.2, 0) is 4.79 Å². The molecule has 0 unspecified atom stereocenters. The van der Waals surface area contributed by atoms with E-state index >= 15 is 0 Å². The minimum Gasteiger partial charge on any atom is -0.344 e. The predicted octanol–water partition coefficient (Wildman–Crippen LogP) is 3.33. The number of amides is 1. The summed E-state index contributed by atoms with van der Waals surface area (Å²) in [7, 11) is 0. The molecule has 20 heavy (non-hydrogen) atoms. The predicted molar refractivity (Wildman–Crippen MR) is 80.8 cm³/mol. The molecule has 0 aliphatic heterocycles. The van der Waals surface area contributed by atoms with Crippen LogP contribution in [0.25, 0.3) is 10.8 Å². The Hall–Kier alpha value is -2.16. The first kappa shape index (κ1) is 14.3. The van der Waals surface area contributed by atoms with Gasteiger partial charge in [-0.25, -0.2) is 0 Å². The maximum atomic E-state index is 12.2. The van der Waals surface area contributed by atoms with E-state index in [0.29, 0.717) is 5.56 Å². The second-order valence-electron chi connectivity index (χ2n) is 5.58. The third-order valence-corrected chi connectivity index (χ3v) is 3.55. The van der Waals surface area contributed by atoms with Gasteiger partial charge in [-0.1, -0.05) is 43.3 Å². The zero-order valence-corrected chi connectivity index (χ0v) is 12.1. The van der Waals surface area contributed by atoms with Crippen molar-refractivity contribution in [2.45, 2.75) is 32.7 Å². The van der Waals surface area contributed by atoms with Crippen molar-refractivity contribution < 1.29 is 9.59 Å². The first-order chi connectivity index (χ1) is 9.43. The summed E-state index contributed by atoms with van der Waals surface area (Å²) < 4.78 is 0. The highest BCUT2D eigenvalue weighted by Crippen LogP contribution is 2.16. The van der Waals surface area contributed by atoms with Crippen molar-refractivity contribution >= 4 is 22.5 Å². The molecule has 2 rings (SSSR count). The first-order valence-electron chi connectivity index (χ1n) is 6.78. The first-order valence-corrected chi connectivity index (χ1v) is 6.78. The smallest absolute Gasteiger partial charge is 0.292 e. The minimum absolute atomic E-state index is 0.371. The van der Waals surface area contributed by atoms with Gasteiger partial charge in [-0.15, -0.1) is 0 Å². The fraction of sp³-hybridized carbons (Fsp3) is 0.294. The molecule has 1 N–H and O–H groups in total. The SMILES string of the molecule is CCC(C)(C)NC(=O)C(=O)c1ccc2ccccc2c1. The second kappa shape index (κ2) is 5.45. The Balaban J connectivity index is 2.25. The van der Waals surface area contributed by atoms with Gasteiger partial charge in [0.15, 0.2) is 0 Å². The monoisotopic (exact) mass is 269 g/mol. The highest BCUT2D eigenvalue weighted by Gasteiger charge is 2.23. The van der Waals surface area contributed by atoms with Crippen molar-refractivity contribution in [3.8, 4) is 0 Å². The van der Waals surface area contributed by atoms with Gasteiger partial charge < -0.3 is 5.32 Å². The van der Waals surface area contributed by atoms with Crippen molar-refractivity contribution in [1.82, 2.24) is 5.32 Å². The van der Waals surface area contributed by atoms with Gasteiger partial charge in [-0.3, -0.25) is 9.59 Å². The Morgan fingerprint density at radius 3 is 2.35 bits per heavy atom. The fourth-order valence-electron chi connectivity index (χ4n) is 1.91. The molecular formula is C17H19NO2. The number of benzene rings is 2. The number of rotatable bonds is 4. The lowest BCUT2D eigenvalue weighted by Gasteiger charge is -2.23. The molecule has 104 valence electrons. The molecule has 0 atom stereocenters. The van der Waals surface area contributed by atoms with Gasteiger partial charge in [0.05, 0.1) is 0 Å². The highest BCUT2D eigenvalue weighted by atomic mass is 16.2. The summed E-state index contributed by atoms with van der Waals surface area (Å²) >= 11 is 0. The van der Waals surface area contributed by atoms with Gasteiger partial charge in [-0.2, -0.15) is 0 Å². The van der Waals surface area contributed by atoms with E-state index in [1.165, 1.54) is 0 Å². The Labute approximate surface area is 119 Å².